The van der Waals surface area contributed by atoms with Gasteiger partial charge in [0.25, 0.3) is 0 Å². The summed E-state index contributed by atoms with van der Waals surface area (Å²) >= 11 is 0. The minimum Gasteiger partial charge on any atom is -0.508 e. The minimum atomic E-state index is -3.70. The zero-order valence-electron chi connectivity index (χ0n) is 16.6. The maximum absolute atomic E-state index is 12.5. The molecule has 8 nitrogen and oxygen atoms in total. The number of hydrogen-bond acceptors (Lipinski definition) is 6. The van der Waals surface area contributed by atoms with E-state index in [1.807, 2.05) is 13.0 Å². The van der Waals surface area contributed by atoms with Gasteiger partial charge in [-0.1, -0.05) is 24.3 Å². The first kappa shape index (κ1) is 21.4. The molecule has 0 aliphatic rings. The Morgan fingerprint density at radius 2 is 1.80 bits per heavy atom. The minimum absolute atomic E-state index is 0.0379. The number of benzene rings is 2. The van der Waals surface area contributed by atoms with Crippen molar-refractivity contribution in [3.8, 4) is 17.1 Å². The molecule has 0 aliphatic heterocycles. The van der Waals surface area contributed by atoms with Gasteiger partial charge in [0, 0.05) is 18.5 Å². The van der Waals surface area contributed by atoms with E-state index in [0.29, 0.717) is 22.6 Å². The predicted octanol–water partition coefficient (Wildman–Crippen LogP) is 2.77. The maximum Gasteiger partial charge on any atom is 0.240 e. The van der Waals surface area contributed by atoms with Crippen molar-refractivity contribution in [3.63, 3.8) is 0 Å². The van der Waals surface area contributed by atoms with Gasteiger partial charge in [-0.15, -0.1) is 0 Å². The van der Waals surface area contributed by atoms with Crippen molar-refractivity contribution in [1.29, 1.82) is 0 Å². The average molecular weight is 426 g/mol. The van der Waals surface area contributed by atoms with Crippen molar-refractivity contribution < 1.29 is 18.3 Å². The van der Waals surface area contributed by atoms with Gasteiger partial charge in [-0.05, 0) is 43.2 Å². The summed E-state index contributed by atoms with van der Waals surface area (Å²) < 4.78 is 27.4. The molecule has 0 fully saturated rings. The molecule has 3 rings (SSSR count). The van der Waals surface area contributed by atoms with E-state index in [0.717, 1.165) is 5.56 Å². The number of phenolic OH excluding ortho intramolecular Hbond substituents is 1. The number of aryl methyl sites for hydroxylation is 2. The van der Waals surface area contributed by atoms with Crippen LogP contribution in [0, 0.1) is 13.8 Å². The fourth-order valence-electron chi connectivity index (χ4n) is 2.78. The number of carbonyl (C=O) groups excluding carboxylic acids is 1. The van der Waals surface area contributed by atoms with Gasteiger partial charge < -0.3 is 10.4 Å². The quantitative estimate of drug-likeness (QED) is 0.534. The molecule has 1 aromatic heterocycles. The average Bonchev–Trinajstić information content (AvgIpc) is 2.70. The smallest absolute Gasteiger partial charge is 0.240 e. The Morgan fingerprint density at radius 1 is 1.07 bits per heavy atom. The Balaban J connectivity index is 1.55. The van der Waals surface area contributed by atoms with Gasteiger partial charge in [0.15, 0.2) is 5.82 Å². The molecule has 30 heavy (non-hydrogen) atoms. The summed E-state index contributed by atoms with van der Waals surface area (Å²) in [6.45, 7) is 3.50. The predicted molar refractivity (Wildman–Crippen MR) is 113 cm³/mol. The Morgan fingerprint density at radius 3 is 2.50 bits per heavy atom. The molecular weight excluding hydrogens is 404 g/mol. The first-order valence-corrected chi connectivity index (χ1v) is 10.7. The molecule has 156 valence electrons. The monoisotopic (exact) mass is 426 g/mol. The van der Waals surface area contributed by atoms with Crippen LogP contribution in [0.3, 0.4) is 0 Å². The first-order chi connectivity index (χ1) is 14.2. The highest BCUT2D eigenvalue weighted by molar-refractivity contribution is 7.89. The molecule has 0 spiro atoms. The van der Waals surface area contributed by atoms with E-state index in [1.54, 1.807) is 37.3 Å². The number of sulfonamides is 1. The van der Waals surface area contributed by atoms with Crippen LogP contribution in [0.4, 0.5) is 5.69 Å². The van der Waals surface area contributed by atoms with Gasteiger partial charge in [0.2, 0.25) is 15.9 Å². The summed E-state index contributed by atoms with van der Waals surface area (Å²) in [6.07, 6.45) is 2.85. The van der Waals surface area contributed by atoms with Crippen molar-refractivity contribution in [3.05, 3.63) is 66.0 Å². The lowest BCUT2D eigenvalue weighted by Crippen LogP contribution is -2.28. The first-order valence-electron chi connectivity index (χ1n) is 9.23. The van der Waals surface area contributed by atoms with Gasteiger partial charge in [0.1, 0.15) is 5.75 Å². The molecular formula is C21H22N4O4S. The van der Waals surface area contributed by atoms with Crippen LogP contribution in [0.1, 0.15) is 17.5 Å². The summed E-state index contributed by atoms with van der Waals surface area (Å²) in [7, 11) is -3.70. The third-order valence-electron chi connectivity index (χ3n) is 4.32. The number of nitrogens with zero attached hydrogens (tertiary/aromatic N) is 2. The van der Waals surface area contributed by atoms with E-state index in [1.165, 1.54) is 18.5 Å². The maximum atomic E-state index is 12.5. The van der Waals surface area contributed by atoms with Crippen LogP contribution >= 0.6 is 0 Å². The third-order valence-corrected chi connectivity index (χ3v) is 5.92. The molecule has 0 bridgehead atoms. The van der Waals surface area contributed by atoms with Crippen molar-refractivity contribution in [2.45, 2.75) is 25.2 Å². The number of aromatic nitrogens is 2. The standard InChI is InChI=1S/C21H22N4O4S/c1-14-6-7-15(2)19(10-14)30(28,29)24-9-8-20(27)25-17-12-22-21(23-13-17)16-4-3-5-18(26)11-16/h3-7,10-13,24,26H,8-9H2,1-2H3,(H,25,27). The van der Waals surface area contributed by atoms with Crippen molar-refractivity contribution in [2.24, 2.45) is 0 Å². The number of aromatic hydroxyl groups is 1. The molecule has 2 aromatic carbocycles. The van der Waals surface area contributed by atoms with Gasteiger partial charge in [-0.25, -0.2) is 23.1 Å². The molecule has 0 atom stereocenters. The summed E-state index contributed by atoms with van der Waals surface area (Å²) in [5, 5.41) is 12.2. The highest BCUT2D eigenvalue weighted by Gasteiger charge is 2.17. The lowest BCUT2D eigenvalue weighted by atomic mass is 10.2. The van der Waals surface area contributed by atoms with E-state index >= 15 is 0 Å². The van der Waals surface area contributed by atoms with Gasteiger partial charge in [-0.3, -0.25) is 4.79 Å². The number of rotatable bonds is 7. The molecule has 0 aliphatic carbocycles. The zero-order chi connectivity index (χ0) is 21.7. The van der Waals surface area contributed by atoms with E-state index in [9.17, 15) is 18.3 Å². The lowest BCUT2D eigenvalue weighted by Gasteiger charge is -2.10. The van der Waals surface area contributed by atoms with Crippen LogP contribution in [-0.2, 0) is 14.8 Å². The fourth-order valence-corrected chi connectivity index (χ4v) is 4.14. The molecule has 1 heterocycles. The Bertz CT molecular complexity index is 1160. The second-order valence-corrected chi connectivity index (χ2v) is 8.55. The van der Waals surface area contributed by atoms with Crippen LogP contribution < -0.4 is 10.0 Å². The second kappa shape index (κ2) is 9.02. The molecule has 0 unspecified atom stereocenters. The summed E-state index contributed by atoms with van der Waals surface area (Å²) in [4.78, 5) is 20.7. The van der Waals surface area contributed by atoms with Crippen LogP contribution in [0.15, 0.2) is 59.8 Å². The Labute approximate surface area is 175 Å². The van der Waals surface area contributed by atoms with E-state index < -0.39 is 10.0 Å². The number of carbonyl (C=O) groups is 1. The van der Waals surface area contributed by atoms with E-state index in [4.69, 9.17) is 0 Å². The topological polar surface area (TPSA) is 121 Å². The fraction of sp³-hybridized carbons (Fsp3) is 0.190. The van der Waals surface area contributed by atoms with E-state index in [-0.39, 0.29) is 29.5 Å². The third kappa shape index (κ3) is 5.40. The molecule has 0 saturated heterocycles. The summed E-state index contributed by atoms with van der Waals surface area (Å²) in [6, 6.07) is 11.7. The number of amides is 1. The number of phenols is 1. The SMILES string of the molecule is Cc1ccc(C)c(S(=O)(=O)NCCC(=O)Nc2cnc(-c3cccc(O)c3)nc2)c1. The molecule has 0 saturated carbocycles. The number of anilines is 1. The van der Waals surface area contributed by atoms with Gasteiger partial charge in [0.05, 0.1) is 23.0 Å². The zero-order valence-corrected chi connectivity index (χ0v) is 17.4. The summed E-state index contributed by atoms with van der Waals surface area (Å²) in [5.41, 5.74) is 2.52. The number of nitrogens with one attached hydrogen (secondary N) is 2. The molecule has 3 aromatic rings. The van der Waals surface area contributed by atoms with Crippen molar-refractivity contribution in [1.82, 2.24) is 14.7 Å². The second-order valence-electron chi connectivity index (χ2n) is 6.81. The highest BCUT2D eigenvalue weighted by Crippen LogP contribution is 2.20. The van der Waals surface area contributed by atoms with Crippen LogP contribution in [-0.4, -0.2) is 35.9 Å². The largest absolute Gasteiger partial charge is 0.508 e. The van der Waals surface area contributed by atoms with Gasteiger partial charge in [-0.2, -0.15) is 0 Å². The van der Waals surface area contributed by atoms with Crippen molar-refractivity contribution in [2.75, 3.05) is 11.9 Å². The van der Waals surface area contributed by atoms with E-state index in [2.05, 4.69) is 20.0 Å². The Kier molecular flexibility index (Phi) is 6.43. The number of hydrogen-bond donors (Lipinski definition) is 3. The summed E-state index contributed by atoms with van der Waals surface area (Å²) in [5.74, 6) is 0.148. The normalized spacial score (nSPS) is 11.3. The van der Waals surface area contributed by atoms with Crippen LogP contribution in [0.5, 0.6) is 5.75 Å². The molecule has 1 amide bonds. The molecule has 0 radical (unpaired) electrons. The molecule has 3 N–H and O–H groups in total. The molecule has 9 heteroatoms. The lowest BCUT2D eigenvalue weighted by molar-refractivity contribution is -0.116. The highest BCUT2D eigenvalue weighted by atomic mass is 32.2. The van der Waals surface area contributed by atoms with Gasteiger partial charge >= 0.3 is 0 Å². The Hall–Kier alpha value is -3.30. The van der Waals surface area contributed by atoms with Crippen LogP contribution in [0.2, 0.25) is 0 Å². The van der Waals surface area contributed by atoms with Crippen molar-refractivity contribution >= 4 is 21.6 Å². The van der Waals surface area contributed by atoms with Crippen LogP contribution in [0.25, 0.3) is 11.4 Å².